The third-order valence-electron chi connectivity index (χ3n) is 2.80. The lowest BCUT2D eigenvalue weighted by molar-refractivity contribution is 0.282. The molecule has 0 bridgehead atoms. The van der Waals surface area contributed by atoms with Gasteiger partial charge in [-0.15, -0.1) is 0 Å². The van der Waals surface area contributed by atoms with Crippen LogP contribution in [0.25, 0.3) is 0 Å². The summed E-state index contributed by atoms with van der Waals surface area (Å²) < 4.78 is 27.7. The predicted octanol–water partition coefficient (Wildman–Crippen LogP) is 2.26. The fourth-order valence-electron chi connectivity index (χ4n) is 1.64. The van der Waals surface area contributed by atoms with Crippen LogP contribution in [0.1, 0.15) is 11.1 Å². The van der Waals surface area contributed by atoms with Gasteiger partial charge in [0.1, 0.15) is 0 Å². The number of hydrogen-bond acceptors (Lipinski definition) is 3. The quantitative estimate of drug-likeness (QED) is 0.753. The lowest BCUT2D eigenvalue weighted by Gasteiger charge is -2.07. The van der Waals surface area contributed by atoms with E-state index in [1.807, 2.05) is 0 Å². The van der Waals surface area contributed by atoms with Gasteiger partial charge in [0.05, 0.1) is 11.5 Å². The Kier molecular flexibility index (Phi) is 5.14. The number of halogens is 1. The third kappa shape index (κ3) is 4.02. The van der Waals surface area contributed by atoms with E-state index >= 15 is 0 Å². The van der Waals surface area contributed by atoms with Crippen molar-refractivity contribution in [3.8, 4) is 0 Å². The minimum absolute atomic E-state index is 0.0192. The van der Waals surface area contributed by atoms with Crippen molar-refractivity contribution < 1.29 is 13.5 Å². The molecule has 6 heteroatoms. The first-order valence-electron chi connectivity index (χ1n) is 5.95. The Balaban J connectivity index is 2.06. The summed E-state index contributed by atoms with van der Waals surface area (Å²) in [7, 11) is -3.49. The molecule has 0 saturated heterocycles. The first-order valence-corrected chi connectivity index (χ1v) is 8.51. The molecule has 0 atom stereocenters. The highest BCUT2D eigenvalue weighted by molar-refractivity contribution is 14.1. The van der Waals surface area contributed by atoms with E-state index < -0.39 is 10.0 Å². The van der Waals surface area contributed by atoms with E-state index in [1.165, 1.54) is 0 Å². The Morgan fingerprint density at radius 2 is 1.50 bits per heavy atom. The van der Waals surface area contributed by atoms with Gasteiger partial charge in [0.25, 0.3) is 0 Å². The van der Waals surface area contributed by atoms with Gasteiger partial charge in [-0.05, 0) is 58.0 Å². The molecule has 0 spiro atoms. The van der Waals surface area contributed by atoms with Crippen LogP contribution < -0.4 is 4.72 Å². The molecule has 4 nitrogen and oxygen atoms in total. The number of benzene rings is 2. The van der Waals surface area contributed by atoms with Crippen LogP contribution in [0.15, 0.2) is 53.4 Å². The van der Waals surface area contributed by atoms with E-state index in [9.17, 15) is 8.42 Å². The second kappa shape index (κ2) is 6.66. The van der Waals surface area contributed by atoms with Crippen LogP contribution in [-0.4, -0.2) is 13.5 Å². The van der Waals surface area contributed by atoms with Crippen molar-refractivity contribution in [2.24, 2.45) is 0 Å². The van der Waals surface area contributed by atoms with Crippen molar-refractivity contribution in [2.75, 3.05) is 0 Å². The Morgan fingerprint density at radius 1 is 0.950 bits per heavy atom. The highest BCUT2D eigenvalue weighted by atomic mass is 127. The van der Waals surface area contributed by atoms with Gasteiger partial charge in [0.15, 0.2) is 0 Å². The Morgan fingerprint density at radius 3 is 2.05 bits per heavy atom. The first-order chi connectivity index (χ1) is 9.51. The van der Waals surface area contributed by atoms with Crippen molar-refractivity contribution >= 4 is 32.6 Å². The number of aliphatic hydroxyl groups is 1. The predicted molar refractivity (Wildman–Crippen MR) is 85.5 cm³/mol. The summed E-state index contributed by atoms with van der Waals surface area (Å²) in [4.78, 5) is 0.255. The zero-order valence-corrected chi connectivity index (χ0v) is 13.6. The molecule has 2 aromatic carbocycles. The van der Waals surface area contributed by atoms with E-state index in [4.69, 9.17) is 5.11 Å². The van der Waals surface area contributed by atoms with Gasteiger partial charge in [-0.1, -0.05) is 24.3 Å². The number of aliphatic hydroxyl groups excluding tert-OH is 1. The molecule has 0 aliphatic rings. The average molecular weight is 403 g/mol. The van der Waals surface area contributed by atoms with Crippen molar-refractivity contribution in [1.82, 2.24) is 4.72 Å². The fraction of sp³-hybridized carbons (Fsp3) is 0.143. The van der Waals surface area contributed by atoms with Gasteiger partial charge in [-0.3, -0.25) is 0 Å². The first kappa shape index (κ1) is 15.4. The molecule has 0 radical (unpaired) electrons. The van der Waals surface area contributed by atoms with Gasteiger partial charge in [0, 0.05) is 10.1 Å². The topological polar surface area (TPSA) is 66.4 Å². The Labute approximate surface area is 132 Å². The summed E-state index contributed by atoms with van der Waals surface area (Å²) in [6.07, 6.45) is 0. The lowest BCUT2D eigenvalue weighted by Crippen LogP contribution is -2.23. The molecule has 20 heavy (non-hydrogen) atoms. The maximum absolute atomic E-state index is 12.1. The normalized spacial score (nSPS) is 11.5. The molecule has 2 rings (SSSR count). The van der Waals surface area contributed by atoms with Gasteiger partial charge < -0.3 is 5.11 Å². The molecule has 2 aromatic rings. The summed E-state index contributed by atoms with van der Waals surface area (Å²) in [5.74, 6) is 0. The Bertz CT molecular complexity index is 667. The lowest BCUT2D eigenvalue weighted by atomic mass is 10.1. The zero-order valence-electron chi connectivity index (χ0n) is 10.6. The van der Waals surface area contributed by atoms with E-state index in [1.54, 1.807) is 48.5 Å². The number of hydrogen-bond donors (Lipinski definition) is 2. The number of sulfonamides is 1. The summed E-state index contributed by atoms with van der Waals surface area (Å²) in [5, 5.41) is 8.95. The summed E-state index contributed by atoms with van der Waals surface area (Å²) in [5.41, 5.74) is 1.64. The SMILES string of the molecule is O=S(=O)(NCc1ccc(CO)cc1)c1ccc(I)cc1. The van der Waals surface area contributed by atoms with Crippen LogP contribution in [0, 0.1) is 3.57 Å². The second-order valence-electron chi connectivity index (χ2n) is 4.25. The van der Waals surface area contributed by atoms with E-state index in [0.717, 1.165) is 14.7 Å². The van der Waals surface area contributed by atoms with Crippen molar-refractivity contribution in [2.45, 2.75) is 18.0 Å². The number of rotatable bonds is 5. The van der Waals surface area contributed by atoms with Crippen LogP contribution in [0.2, 0.25) is 0 Å². The smallest absolute Gasteiger partial charge is 0.240 e. The Hall–Kier alpha value is -0.960. The van der Waals surface area contributed by atoms with Gasteiger partial charge in [-0.2, -0.15) is 0 Å². The standard InChI is InChI=1S/C14H14INO3S/c15-13-5-7-14(8-6-13)20(18,19)16-9-11-1-3-12(10-17)4-2-11/h1-8,16-17H,9-10H2. The van der Waals surface area contributed by atoms with Crippen LogP contribution in [0.4, 0.5) is 0 Å². The molecule has 0 aliphatic carbocycles. The summed E-state index contributed by atoms with van der Waals surface area (Å²) >= 11 is 2.13. The maximum Gasteiger partial charge on any atom is 0.240 e. The van der Waals surface area contributed by atoms with Crippen molar-refractivity contribution in [1.29, 1.82) is 0 Å². The second-order valence-corrected chi connectivity index (χ2v) is 7.27. The number of nitrogens with one attached hydrogen (secondary N) is 1. The third-order valence-corrected chi connectivity index (χ3v) is 4.93. The molecule has 0 unspecified atom stereocenters. The van der Waals surface area contributed by atoms with E-state index in [2.05, 4.69) is 27.3 Å². The molecule has 106 valence electrons. The average Bonchev–Trinajstić information content (AvgIpc) is 2.46. The molecule has 0 amide bonds. The monoisotopic (exact) mass is 403 g/mol. The molecule has 0 heterocycles. The largest absolute Gasteiger partial charge is 0.392 e. The van der Waals surface area contributed by atoms with Gasteiger partial charge in [-0.25, -0.2) is 13.1 Å². The van der Waals surface area contributed by atoms with Crippen molar-refractivity contribution in [3.05, 3.63) is 63.2 Å². The van der Waals surface area contributed by atoms with Crippen LogP contribution in [0.3, 0.4) is 0 Å². The van der Waals surface area contributed by atoms with E-state index in [0.29, 0.717) is 0 Å². The molecule has 0 saturated carbocycles. The summed E-state index contributed by atoms with van der Waals surface area (Å²) in [6.45, 7) is 0.203. The summed E-state index contributed by atoms with van der Waals surface area (Å²) in [6, 6.07) is 13.8. The highest BCUT2D eigenvalue weighted by Gasteiger charge is 2.13. The van der Waals surface area contributed by atoms with Gasteiger partial charge in [0.2, 0.25) is 10.0 Å². The fourth-order valence-corrected chi connectivity index (χ4v) is 3.02. The molecule has 0 fully saturated rings. The van der Waals surface area contributed by atoms with Crippen LogP contribution in [0.5, 0.6) is 0 Å². The van der Waals surface area contributed by atoms with Gasteiger partial charge >= 0.3 is 0 Å². The molecule has 0 aromatic heterocycles. The van der Waals surface area contributed by atoms with Crippen LogP contribution >= 0.6 is 22.6 Å². The zero-order chi connectivity index (χ0) is 14.6. The maximum atomic E-state index is 12.1. The molecule has 0 aliphatic heterocycles. The molecular weight excluding hydrogens is 389 g/mol. The minimum atomic E-state index is -3.49. The molecular formula is C14H14INO3S. The van der Waals surface area contributed by atoms with Crippen LogP contribution in [-0.2, 0) is 23.2 Å². The minimum Gasteiger partial charge on any atom is -0.392 e. The van der Waals surface area contributed by atoms with Crippen molar-refractivity contribution in [3.63, 3.8) is 0 Å². The highest BCUT2D eigenvalue weighted by Crippen LogP contribution is 2.12. The molecule has 2 N–H and O–H groups in total. The van der Waals surface area contributed by atoms with E-state index in [-0.39, 0.29) is 18.0 Å².